The number of phenols is 1. The third-order valence-corrected chi connectivity index (χ3v) is 8.16. The highest BCUT2D eigenvalue weighted by Gasteiger charge is 2.56. The van der Waals surface area contributed by atoms with Gasteiger partial charge >= 0.3 is 0 Å². The first kappa shape index (κ1) is 14.6. The molecule has 1 aliphatic carbocycles. The van der Waals surface area contributed by atoms with Crippen LogP contribution in [0.15, 0.2) is 20.5 Å². The molecule has 2 N–H and O–H groups in total. The highest BCUT2D eigenvalue weighted by molar-refractivity contribution is 9.12. The summed E-state index contributed by atoms with van der Waals surface area (Å²) in [6.07, 6.45) is 6.24. The van der Waals surface area contributed by atoms with Gasteiger partial charge in [-0.2, -0.15) is 0 Å². The maximum atomic E-state index is 12.3. The number of carbonyl (C=O) groups is 1. The number of allylic oxidation sites excluding steroid dienone is 2. The standard InChI is InChI=1S/C18H14BrN3O2S/c19-8-4-18-5-11(25-10(18)3-9(8)23)22-16-13(18)14-12-7(1-2-20-14)6-21-15(12)17(16)24/h4,6,10-11,22,24H,1-3,5H2/t10-,11-,18-/m0/s1. The molecule has 0 saturated carbocycles. The maximum Gasteiger partial charge on any atom is 0.170 e. The number of hydrogen-bond donors (Lipinski definition) is 2. The number of Topliss-reactive ketones (excluding diaryl/α,β-unsaturated/α-hetero) is 1. The van der Waals surface area contributed by atoms with Gasteiger partial charge in [0.2, 0.25) is 0 Å². The number of thioether (sulfide) groups is 1. The van der Waals surface area contributed by atoms with Crippen LogP contribution in [0.5, 0.6) is 5.75 Å². The van der Waals surface area contributed by atoms with E-state index in [0.29, 0.717) is 16.6 Å². The first-order valence-corrected chi connectivity index (χ1v) is 10.2. The molecule has 3 atom stereocenters. The van der Waals surface area contributed by atoms with Crippen LogP contribution in [-0.4, -0.2) is 34.3 Å². The number of anilines is 1. The predicted molar refractivity (Wildman–Crippen MR) is 102 cm³/mol. The molecule has 5 nitrogen and oxygen atoms in total. The van der Waals surface area contributed by atoms with Gasteiger partial charge in [0.05, 0.1) is 20.9 Å². The predicted octanol–water partition coefficient (Wildman–Crippen LogP) is 2.03. The summed E-state index contributed by atoms with van der Waals surface area (Å²) in [6, 6.07) is 0. The Balaban J connectivity index is 1.79. The summed E-state index contributed by atoms with van der Waals surface area (Å²) in [5.41, 5.74) is 3.36. The molecule has 25 heavy (non-hydrogen) atoms. The Morgan fingerprint density at radius 1 is 1.44 bits per heavy atom. The van der Waals surface area contributed by atoms with Crippen molar-refractivity contribution in [3.05, 3.63) is 26.7 Å². The molecule has 4 heterocycles. The molecule has 0 amide bonds. The molecule has 1 saturated heterocycles. The zero-order valence-corrected chi connectivity index (χ0v) is 15.6. The molecule has 4 aliphatic heterocycles. The number of aromatic hydroxyl groups is 1. The minimum absolute atomic E-state index is 0.156. The normalized spacial score (nSPS) is 33.2. The van der Waals surface area contributed by atoms with Crippen molar-refractivity contribution in [1.82, 2.24) is 0 Å². The number of hydrogen-bond acceptors (Lipinski definition) is 6. The molecule has 0 unspecified atom stereocenters. The number of phenolic OH excluding ortho intramolecular Hbond substituents is 1. The van der Waals surface area contributed by atoms with Gasteiger partial charge in [0.1, 0.15) is 5.69 Å². The van der Waals surface area contributed by atoms with Crippen LogP contribution >= 0.6 is 27.7 Å². The summed E-state index contributed by atoms with van der Waals surface area (Å²) < 4.78 is 0.654. The topological polar surface area (TPSA) is 74.0 Å². The molecule has 7 heteroatoms. The van der Waals surface area contributed by atoms with Gasteiger partial charge in [0.25, 0.3) is 0 Å². The number of ketones is 1. The third kappa shape index (κ3) is 1.64. The molecule has 1 aromatic carbocycles. The second-order valence-electron chi connectivity index (χ2n) is 7.21. The molecule has 0 radical (unpaired) electrons. The van der Waals surface area contributed by atoms with Crippen LogP contribution in [0, 0.1) is 0 Å². The van der Waals surface area contributed by atoms with Crippen LogP contribution < -0.4 is 15.9 Å². The molecule has 1 aromatic rings. The van der Waals surface area contributed by atoms with Gasteiger partial charge in [-0.3, -0.25) is 14.8 Å². The summed E-state index contributed by atoms with van der Waals surface area (Å²) in [5.74, 6) is 0.382. The Hall–Kier alpha value is -1.60. The fourth-order valence-electron chi connectivity index (χ4n) is 4.92. The number of benzene rings is 1. The van der Waals surface area contributed by atoms with Crippen LogP contribution in [0.4, 0.5) is 11.4 Å². The molecule has 1 spiro atoms. The van der Waals surface area contributed by atoms with Crippen LogP contribution in [0.3, 0.4) is 0 Å². The summed E-state index contributed by atoms with van der Waals surface area (Å²) in [4.78, 5) is 21.6. The first-order chi connectivity index (χ1) is 12.1. The van der Waals surface area contributed by atoms with Gasteiger partial charge in [-0.15, -0.1) is 11.8 Å². The van der Waals surface area contributed by atoms with Gasteiger partial charge in [0.15, 0.2) is 11.5 Å². The van der Waals surface area contributed by atoms with Gasteiger partial charge in [0, 0.05) is 40.6 Å². The lowest BCUT2D eigenvalue weighted by Gasteiger charge is -2.39. The van der Waals surface area contributed by atoms with Crippen LogP contribution in [-0.2, 0) is 10.2 Å². The minimum Gasteiger partial charge on any atom is -0.504 e. The monoisotopic (exact) mass is 415 g/mol. The molecule has 6 rings (SSSR count). The van der Waals surface area contributed by atoms with Crippen molar-refractivity contribution >= 4 is 56.6 Å². The van der Waals surface area contributed by atoms with Crippen LogP contribution in [0.25, 0.3) is 5.57 Å². The quantitative estimate of drug-likeness (QED) is 0.635. The van der Waals surface area contributed by atoms with E-state index in [2.05, 4.69) is 32.3 Å². The molecular weight excluding hydrogens is 402 g/mol. The molecular formula is C18H14BrN3O2S. The summed E-state index contributed by atoms with van der Waals surface area (Å²) in [6.45, 7) is 0.742. The maximum absolute atomic E-state index is 12.3. The zero-order valence-electron chi connectivity index (χ0n) is 13.2. The summed E-state index contributed by atoms with van der Waals surface area (Å²) in [7, 11) is 0. The van der Waals surface area contributed by atoms with Crippen molar-refractivity contribution in [2.45, 2.75) is 35.3 Å². The largest absolute Gasteiger partial charge is 0.504 e. The SMILES string of the molecule is O=C1C[C@@H]2S[C@H]3C[C@]2(C=C1Br)c1c(c(O)c2c4c1=NCCC=4C=N2)N3. The third-order valence-electron chi connectivity index (χ3n) is 5.96. The van der Waals surface area contributed by atoms with Gasteiger partial charge in [-0.25, -0.2) is 0 Å². The van der Waals surface area contributed by atoms with E-state index in [4.69, 9.17) is 4.99 Å². The highest BCUT2D eigenvalue weighted by Crippen LogP contribution is 2.60. The lowest BCUT2D eigenvalue weighted by atomic mass is 9.68. The fraction of sp³-hybridized carbons (Fsp3) is 0.389. The lowest BCUT2D eigenvalue weighted by molar-refractivity contribution is -0.115. The summed E-state index contributed by atoms with van der Waals surface area (Å²) in [5, 5.41) is 16.8. The minimum atomic E-state index is -0.265. The Labute approximate surface area is 156 Å². The number of rotatable bonds is 0. The number of fused-ring (bicyclic) bond motifs is 3. The van der Waals surface area contributed by atoms with E-state index in [9.17, 15) is 9.90 Å². The number of nitrogens with one attached hydrogen (secondary N) is 1. The second kappa shape index (κ2) is 4.57. The summed E-state index contributed by atoms with van der Waals surface area (Å²) >= 11 is 5.28. The number of halogens is 1. The Morgan fingerprint density at radius 2 is 2.32 bits per heavy atom. The van der Waals surface area contributed by atoms with Crippen molar-refractivity contribution in [1.29, 1.82) is 0 Å². The molecule has 126 valence electrons. The van der Waals surface area contributed by atoms with Crippen molar-refractivity contribution in [2.75, 3.05) is 11.9 Å². The average Bonchev–Trinajstić information content (AvgIpc) is 3.13. The van der Waals surface area contributed by atoms with Gasteiger partial charge in [-0.1, -0.05) is 6.08 Å². The Morgan fingerprint density at radius 3 is 3.20 bits per heavy atom. The van der Waals surface area contributed by atoms with Crippen molar-refractivity contribution < 1.29 is 9.90 Å². The lowest BCUT2D eigenvalue weighted by Crippen LogP contribution is -2.48. The van der Waals surface area contributed by atoms with Gasteiger partial charge in [-0.05, 0) is 34.3 Å². The van der Waals surface area contributed by atoms with E-state index in [1.807, 2.05) is 6.21 Å². The number of nitrogens with zero attached hydrogens (tertiary/aromatic N) is 2. The van der Waals surface area contributed by atoms with E-state index in [-0.39, 0.29) is 27.6 Å². The highest BCUT2D eigenvalue weighted by atomic mass is 79.9. The molecule has 5 aliphatic rings. The van der Waals surface area contributed by atoms with Crippen LogP contribution in [0.2, 0.25) is 0 Å². The van der Waals surface area contributed by atoms with Crippen molar-refractivity contribution in [2.24, 2.45) is 9.98 Å². The Bertz CT molecular complexity index is 1080. The molecule has 1 fully saturated rings. The molecule has 2 bridgehead atoms. The van der Waals surface area contributed by atoms with E-state index in [0.717, 1.165) is 46.8 Å². The van der Waals surface area contributed by atoms with E-state index < -0.39 is 0 Å². The smallest absolute Gasteiger partial charge is 0.170 e. The van der Waals surface area contributed by atoms with Gasteiger partial charge < -0.3 is 10.4 Å². The first-order valence-electron chi connectivity index (χ1n) is 8.43. The van der Waals surface area contributed by atoms with Crippen molar-refractivity contribution in [3.8, 4) is 5.75 Å². The fourth-order valence-corrected chi connectivity index (χ4v) is 7.22. The number of aliphatic imine (C=N–C) groups is 1. The zero-order chi connectivity index (χ0) is 16.9. The number of carbonyl (C=O) groups excluding carboxylic acids is 1. The van der Waals surface area contributed by atoms with E-state index in [1.165, 1.54) is 0 Å². The van der Waals surface area contributed by atoms with Crippen LogP contribution in [0.1, 0.15) is 24.8 Å². The Kier molecular flexibility index (Phi) is 2.66. The van der Waals surface area contributed by atoms with E-state index in [1.54, 1.807) is 11.8 Å². The van der Waals surface area contributed by atoms with Crippen molar-refractivity contribution in [3.63, 3.8) is 0 Å². The average molecular weight is 416 g/mol. The molecule has 0 aromatic heterocycles. The second-order valence-corrected chi connectivity index (χ2v) is 9.47. The van der Waals surface area contributed by atoms with E-state index >= 15 is 0 Å².